The zero-order chi connectivity index (χ0) is 40.9. The number of carbonyl (C=O) groups excluding carboxylic acids is 2. The molecule has 0 aliphatic heterocycles. The zero-order valence-electron chi connectivity index (χ0n) is 35.8. The largest absolute Gasteiger partial charge is 0.472 e. The second-order valence-electron chi connectivity index (χ2n) is 15.9. The highest BCUT2D eigenvalue weighted by atomic mass is 31.2. The van der Waals surface area contributed by atoms with Gasteiger partial charge in [0.1, 0.15) is 19.8 Å². The maximum atomic E-state index is 12.7. The van der Waals surface area contributed by atoms with Gasteiger partial charge in [0, 0.05) is 12.8 Å². The summed E-state index contributed by atoms with van der Waals surface area (Å²) in [5, 5.41) is 10.2. The van der Waals surface area contributed by atoms with Crippen LogP contribution in [0.25, 0.3) is 0 Å². The SMILES string of the molecule is CC/C=C/C/C=C/C=C/C(O)CCCCCCCC(=O)O[C@H](COC(=O)CCCCCCCCCCCCCCCCC)COP(=O)(O)OCC[N+](C)(C)C. The molecule has 55 heavy (non-hydrogen) atoms. The first-order valence-corrected chi connectivity index (χ1v) is 23.3. The molecule has 0 heterocycles. The van der Waals surface area contributed by atoms with E-state index in [2.05, 4.69) is 32.1 Å². The lowest BCUT2D eigenvalue weighted by Gasteiger charge is -2.24. The number of unbranched alkanes of at least 4 members (excludes halogenated alkanes) is 18. The highest BCUT2D eigenvalue weighted by Crippen LogP contribution is 2.43. The van der Waals surface area contributed by atoms with Gasteiger partial charge in [0.2, 0.25) is 0 Å². The van der Waals surface area contributed by atoms with Crippen LogP contribution in [0.4, 0.5) is 0 Å². The van der Waals surface area contributed by atoms with Crippen LogP contribution in [-0.4, -0.2) is 86.1 Å². The summed E-state index contributed by atoms with van der Waals surface area (Å²) in [5.41, 5.74) is 0. The van der Waals surface area contributed by atoms with E-state index in [0.717, 1.165) is 57.8 Å². The summed E-state index contributed by atoms with van der Waals surface area (Å²) < 4.78 is 34.2. The Morgan fingerprint density at radius 2 is 1.18 bits per heavy atom. The number of phosphoric ester groups is 1. The van der Waals surface area contributed by atoms with Crippen molar-refractivity contribution >= 4 is 19.8 Å². The molecular formula is C44H83NO9P+. The van der Waals surface area contributed by atoms with Crippen LogP contribution in [0, 0.1) is 0 Å². The van der Waals surface area contributed by atoms with E-state index in [0.29, 0.717) is 23.9 Å². The molecule has 0 amide bonds. The van der Waals surface area contributed by atoms with Gasteiger partial charge in [0.05, 0.1) is 33.9 Å². The summed E-state index contributed by atoms with van der Waals surface area (Å²) in [6.45, 7) is 4.18. The summed E-state index contributed by atoms with van der Waals surface area (Å²) in [5.74, 6) is -0.872. The third-order valence-electron chi connectivity index (χ3n) is 9.29. The molecule has 10 nitrogen and oxygen atoms in total. The summed E-state index contributed by atoms with van der Waals surface area (Å²) >= 11 is 0. The van der Waals surface area contributed by atoms with Crippen molar-refractivity contribution in [3.8, 4) is 0 Å². The Labute approximate surface area is 336 Å². The van der Waals surface area contributed by atoms with E-state index < -0.39 is 32.6 Å². The molecule has 2 N–H and O–H groups in total. The van der Waals surface area contributed by atoms with Crippen LogP contribution >= 0.6 is 7.82 Å². The number of quaternary nitrogens is 1. The molecule has 0 aliphatic rings. The van der Waals surface area contributed by atoms with E-state index >= 15 is 0 Å². The topological polar surface area (TPSA) is 129 Å². The first-order chi connectivity index (χ1) is 26.4. The predicted octanol–water partition coefficient (Wildman–Crippen LogP) is 11.1. The molecule has 0 aromatic carbocycles. The lowest BCUT2D eigenvalue weighted by molar-refractivity contribution is -0.870. The van der Waals surface area contributed by atoms with Crippen LogP contribution in [0.1, 0.15) is 174 Å². The second kappa shape index (κ2) is 36.5. The fraction of sp³-hybridized carbons (Fsp3) is 0.818. The van der Waals surface area contributed by atoms with Gasteiger partial charge in [0.25, 0.3) is 0 Å². The van der Waals surface area contributed by atoms with Gasteiger partial charge in [-0.1, -0.05) is 166 Å². The average molecular weight is 801 g/mol. The Morgan fingerprint density at radius 1 is 0.655 bits per heavy atom. The second-order valence-corrected chi connectivity index (χ2v) is 17.4. The van der Waals surface area contributed by atoms with Gasteiger partial charge >= 0.3 is 19.8 Å². The Balaban J connectivity index is 4.44. The summed E-state index contributed by atoms with van der Waals surface area (Å²) in [7, 11) is 1.42. The standard InChI is InChI=1S/C44H82NO9P/c1-6-8-10-12-14-15-16-17-18-19-20-21-23-27-31-35-43(47)51-39-42(40-53-55(49,50)52-38-37-45(3,4)5)54-44(48)36-32-28-24-26-30-34-41(46)33-29-25-22-13-11-9-7-2/h9,11,22,25,29,33,41-42,46H,6-8,10,12-21,23-24,26-28,30-32,34-40H2,1-5H3/p+1/b11-9+,25-22+,33-29+/t41?,42-/m1/s1. The minimum atomic E-state index is -4.40. The van der Waals surface area contributed by atoms with Gasteiger partial charge in [-0.15, -0.1) is 0 Å². The van der Waals surface area contributed by atoms with Crippen molar-refractivity contribution < 1.29 is 47.2 Å². The smallest absolute Gasteiger partial charge is 0.462 e. The Bertz CT molecular complexity index is 1060. The van der Waals surface area contributed by atoms with Gasteiger partial charge in [0.15, 0.2) is 6.10 Å². The van der Waals surface area contributed by atoms with Gasteiger partial charge in [-0.05, 0) is 32.1 Å². The molecule has 3 atom stereocenters. The number of hydrogen-bond acceptors (Lipinski definition) is 8. The highest BCUT2D eigenvalue weighted by molar-refractivity contribution is 7.47. The van der Waals surface area contributed by atoms with Gasteiger partial charge < -0.3 is 24.0 Å². The molecule has 322 valence electrons. The van der Waals surface area contributed by atoms with E-state index in [4.69, 9.17) is 18.5 Å². The normalized spacial score (nSPS) is 14.5. The molecule has 0 rings (SSSR count). The third-order valence-corrected chi connectivity index (χ3v) is 10.3. The highest BCUT2D eigenvalue weighted by Gasteiger charge is 2.27. The molecule has 0 aromatic heterocycles. The minimum Gasteiger partial charge on any atom is -0.462 e. The van der Waals surface area contributed by atoms with Gasteiger partial charge in [-0.2, -0.15) is 0 Å². The van der Waals surface area contributed by atoms with E-state index in [9.17, 15) is 24.2 Å². The number of nitrogens with zero attached hydrogens (tertiary/aromatic N) is 1. The quantitative estimate of drug-likeness (QED) is 0.0156. The Morgan fingerprint density at radius 3 is 1.73 bits per heavy atom. The number of likely N-dealkylation sites (N-methyl/N-ethyl adjacent to an activating group) is 1. The first-order valence-electron chi connectivity index (χ1n) is 21.8. The molecule has 0 saturated heterocycles. The van der Waals surface area contributed by atoms with E-state index in [1.807, 2.05) is 39.4 Å². The molecule has 0 fully saturated rings. The number of hydrogen-bond donors (Lipinski definition) is 2. The third kappa shape index (κ3) is 40.2. The fourth-order valence-corrected chi connectivity index (χ4v) is 6.59. The number of rotatable bonds is 39. The molecule has 0 radical (unpaired) electrons. The molecule has 2 unspecified atom stereocenters. The first kappa shape index (κ1) is 53.2. The zero-order valence-corrected chi connectivity index (χ0v) is 36.7. The van der Waals surface area contributed by atoms with Crippen molar-refractivity contribution in [1.29, 1.82) is 0 Å². The lowest BCUT2D eigenvalue weighted by atomic mass is 10.0. The van der Waals surface area contributed by atoms with Crippen molar-refractivity contribution in [3.63, 3.8) is 0 Å². The van der Waals surface area contributed by atoms with E-state index in [1.165, 1.54) is 77.0 Å². The predicted molar refractivity (Wildman–Crippen MR) is 226 cm³/mol. The number of aliphatic hydroxyl groups is 1. The molecule has 0 spiro atoms. The Hall–Kier alpha value is -1.81. The summed E-state index contributed by atoms with van der Waals surface area (Å²) in [4.78, 5) is 35.3. The number of phosphoric acid groups is 1. The van der Waals surface area contributed by atoms with Gasteiger partial charge in [-0.25, -0.2) is 4.57 Å². The monoisotopic (exact) mass is 801 g/mol. The van der Waals surface area contributed by atoms with Crippen molar-refractivity contribution in [1.82, 2.24) is 0 Å². The number of ether oxygens (including phenoxy) is 2. The number of aliphatic hydroxyl groups excluding tert-OH is 1. The van der Waals surface area contributed by atoms with E-state index in [-0.39, 0.29) is 32.0 Å². The molecule has 0 aliphatic carbocycles. The number of allylic oxidation sites excluding steroid dienone is 5. The van der Waals surface area contributed by atoms with Crippen LogP contribution in [0.5, 0.6) is 0 Å². The molecule has 11 heteroatoms. The molecule has 0 aromatic rings. The van der Waals surface area contributed by atoms with Crippen LogP contribution in [0.2, 0.25) is 0 Å². The van der Waals surface area contributed by atoms with Crippen molar-refractivity contribution in [2.24, 2.45) is 0 Å². The number of carbonyl (C=O) groups is 2. The lowest BCUT2D eigenvalue weighted by Crippen LogP contribution is -2.37. The molecule has 0 bridgehead atoms. The van der Waals surface area contributed by atoms with Crippen LogP contribution in [0.3, 0.4) is 0 Å². The molecule has 0 saturated carbocycles. The van der Waals surface area contributed by atoms with Crippen LogP contribution in [-0.2, 0) is 32.7 Å². The van der Waals surface area contributed by atoms with Crippen molar-refractivity contribution in [2.45, 2.75) is 187 Å². The fourth-order valence-electron chi connectivity index (χ4n) is 5.84. The van der Waals surface area contributed by atoms with Crippen molar-refractivity contribution in [3.05, 3.63) is 36.5 Å². The Kier molecular flexibility index (Phi) is 35.3. The van der Waals surface area contributed by atoms with Crippen molar-refractivity contribution in [2.75, 3.05) is 47.5 Å². The number of esters is 2. The maximum absolute atomic E-state index is 12.7. The average Bonchev–Trinajstić information content (AvgIpc) is 3.12. The summed E-state index contributed by atoms with van der Waals surface area (Å²) in [6, 6.07) is 0. The van der Waals surface area contributed by atoms with Gasteiger partial charge in [-0.3, -0.25) is 18.6 Å². The van der Waals surface area contributed by atoms with Crippen LogP contribution in [0.15, 0.2) is 36.5 Å². The molecular weight excluding hydrogens is 717 g/mol. The maximum Gasteiger partial charge on any atom is 0.472 e. The van der Waals surface area contributed by atoms with Crippen LogP contribution < -0.4 is 0 Å². The van der Waals surface area contributed by atoms with E-state index in [1.54, 1.807) is 0 Å². The summed E-state index contributed by atoms with van der Waals surface area (Å²) in [6.07, 6.45) is 36.4. The minimum absolute atomic E-state index is 0.0141.